The van der Waals surface area contributed by atoms with Gasteiger partial charge in [-0.3, -0.25) is 19.4 Å². The van der Waals surface area contributed by atoms with E-state index >= 15 is 0 Å². The molecule has 0 saturated carbocycles. The monoisotopic (exact) mass is 546 g/mol. The van der Waals surface area contributed by atoms with Crippen molar-refractivity contribution in [3.05, 3.63) is 60.0 Å². The van der Waals surface area contributed by atoms with Crippen LogP contribution in [0.5, 0.6) is 5.75 Å². The van der Waals surface area contributed by atoms with Gasteiger partial charge in [0.25, 0.3) is 0 Å². The van der Waals surface area contributed by atoms with Crippen molar-refractivity contribution in [1.82, 2.24) is 25.1 Å². The van der Waals surface area contributed by atoms with E-state index in [-0.39, 0.29) is 36.5 Å². The van der Waals surface area contributed by atoms with E-state index in [9.17, 15) is 14.4 Å². The number of hydrogen-bond donors (Lipinski definition) is 3. The highest BCUT2D eigenvalue weighted by atomic mass is 16.5. The van der Waals surface area contributed by atoms with Gasteiger partial charge in [-0.2, -0.15) is 0 Å². The molecule has 3 aromatic rings. The number of amides is 3. The lowest BCUT2D eigenvalue weighted by atomic mass is 9.96. The predicted molar refractivity (Wildman–Crippen MR) is 151 cm³/mol. The number of nitrogens with zero attached hydrogens (tertiary/aromatic N) is 3. The zero-order valence-electron chi connectivity index (χ0n) is 23.0. The van der Waals surface area contributed by atoms with Crippen molar-refractivity contribution in [2.24, 2.45) is 11.7 Å². The smallest absolute Gasteiger partial charge is 0.243 e. The van der Waals surface area contributed by atoms with Gasteiger partial charge in [-0.15, -0.1) is 0 Å². The Bertz CT molecular complexity index is 1300. The molecule has 5 rings (SSSR count). The van der Waals surface area contributed by atoms with Crippen LogP contribution in [0.1, 0.15) is 43.4 Å². The van der Waals surface area contributed by atoms with Crippen LogP contribution in [0.25, 0.3) is 10.9 Å². The first-order valence-electron chi connectivity index (χ1n) is 14.1. The summed E-state index contributed by atoms with van der Waals surface area (Å²) in [6, 6.07) is 10.3. The minimum Gasteiger partial charge on any atom is -0.497 e. The van der Waals surface area contributed by atoms with Crippen LogP contribution in [-0.2, 0) is 27.3 Å². The van der Waals surface area contributed by atoms with Gasteiger partial charge in [0.1, 0.15) is 11.8 Å². The first-order chi connectivity index (χ1) is 19.4. The number of methoxy groups -OCH3 is 1. The summed E-state index contributed by atoms with van der Waals surface area (Å²) in [5.74, 6) is 0.450. The first kappa shape index (κ1) is 27.6. The summed E-state index contributed by atoms with van der Waals surface area (Å²) in [5, 5.41) is 3.98. The number of carbonyl (C=O) groups excluding carboxylic acids is 3. The first-order valence-corrected chi connectivity index (χ1v) is 14.1. The van der Waals surface area contributed by atoms with Crippen molar-refractivity contribution in [3.8, 4) is 5.75 Å². The fourth-order valence-corrected chi connectivity index (χ4v) is 5.83. The van der Waals surface area contributed by atoms with E-state index in [4.69, 9.17) is 10.5 Å². The highest BCUT2D eigenvalue weighted by Gasteiger charge is 2.41. The Labute approximate surface area is 234 Å². The number of aromatic amines is 1. The van der Waals surface area contributed by atoms with Gasteiger partial charge in [-0.1, -0.05) is 12.1 Å². The van der Waals surface area contributed by atoms with Crippen LogP contribution in [0.4, 0.5) is 0 Å². The fourth-order valence-electron chi connectivity index (χ4n) is 5.83. The normalized spacial score (nSPS) is 19.6. The van der Waals surface area contributed by atoms with Gasteiger partial charge in [0.2, 0.25) is 17.7 Å². The summed E-state index contributed by atoms with van der Waals surface area (Å²) in [5.41, 5.74) is 9.25. The van der Waals surface area contributed by atoms with Crippen LogP contribution in [0.15, 0.2) is 48.8 Å². The van der Waals surface area contributed by atoms with E-state index in [0.717, 1.165) is 60.3 Å². The molecular weight excluding hydrogens is 508 g/mol. The van der Waals surface area contributed by atoms with Crippen molar-refractivity contribution in [1.29, 1.82) is 0 Å². The Balaban J connectivity index is 1.24. The molecule has 2 fully saturated rings. The van der Waals surface area contributed by atoms with Crippen LogP contribution in [0.3, 0.4) is 0 Å². The molecule has 3 amide bonds. The Morgan fingerprint density at radius 2 is 1.95 bits per heavy atom. The second-order valence-corrected chi connectivity index (χ2v) is 10.9. The summed E-state index contributed by atoms with van der Waals surface area (Å²) in [7, 11) is 1.63. The predicted octanol–water partition coefficient (Wildman–Crippen LogP) is 2.38. The number of ether oxygens (including phenoxy) is 1. The van der Waals surface area contributed by atoms with Gasteiger partial charge >= 0.3 is 0 Å². The third-order valence-electron chi connectivity index (χ3n) is 8.03. The number of nitrogens with one attached hydrogen (secondary N) is 2. The van der Waals surface area contributed by atoms with E-state index in [1.165, 1.54) is 0 Å². The number of benzene rings is 1. The molecule has 40 heavy (non-hydrogen) atoms. The van der Waals surface area contributed by atoms with Crippen LogP contribution in [0.2, 0.25) is 0 Å². The Morgan fingerprint density at radius 3 is 2.67 bits per heavy atom. The highest BCUT2D eigenvalue weighted by Crippen LogP contribution is 2.28. The minimum atomic E-state index is -0.831. The third kappa shape index (κ3) is 6.44. The summed E-state index contributed by atoms with van der Waals surface area (Å²) >= 11 is 0. The highest BCUT2D eigenvalue weighted by molar-refractivity contribution is 5.91. The quantitative estimate of drug-likeness (QED) is 0.358. The third-order valence-corrected chi connectivity index (χ3v) is 8.03. The molecule has 3 unspecified atom stereocenters. The fraction of sp³-hybridized carbons (Fsp3) is 0.467. The number of nitrogens with two attached hydrogens (primary N) is 1. The molecule has 0 spiro atoms. The lowest BCUT2D eigenvalue weighted by Crippen LogP contribution is -2.51. The van der Waals surface area contributed by atoms with Gasteiger partial charge in [0, 0.05) is 55.0 Å². The molecule has 4 heterocycles. The molecule has 3 atom stereocenters. The maximum atomic E-state index is 13.5. The second-order valence-electron chi connectivity index (χ2n) is 10.9. The zero-order chi connectivity index (χ0) is 28.1. The van der Waals surface area contributed by atoms with Crippen LogP contribution < -0.4 is 15.8 Å². The van der Waals surface area contributed by atoms with Gasteiger partial charge in [-0.05, 0) is 67.9 Å². The molecule has 10 nitrogen and oxygen atoms in total. The van der Waals surface area contributed by atoms with Crippen molar-refractivity contribution < 1.29 is 19.1 Å². The maximum absolute atomic E-state index is 13.5. The van der Waals surface area contributed by atoms with Gasteiger partial charge < -0.3 is 30.6 Å². The molecule has 2 aromatic heterocycles. The molecule has 2 aliphatic rings. The standard InChI is InChI=1S/C30H38N6O4/c1-40-24-6-4-20(5-7-24)14-21-15-27(29(38)33-18-23-16-22-17-32-11-10-26(22)34-23)36(19-21)30(39)25(31)8-9-28(37)35-12-2-3-13-35/h4-7,10-11,16-17,21,25,27,34H,2-3,8-9,12-15,18-19,31H2,1H3,(H,33,38). The molecule has 2 saturated heterocycles. The molecule has 2 aliphatic heterocycles. The van der Waals surface area contributed by atoms with E-state index in [2.05, 4.69) is 15.3 Å². The van der Waals surface area contributed by atoms with Crippen LogP contribution >= 0.6 is 0 Å². The number of carbonyl (C=O) groups is 3. The Kier molecular flexibility index (Phi) is 8.64. The second kappa shape index (κ2) is 12.5. The van der Waals surface area contributed by atoms with Crippen molar-refractivity contribution >= 4 is 28.6 Å². The topological polar surface area (TPSA) is 134 Å². The zero-order valence-corrected chi connectivity index (χ0v) is 23.0. The molecule has 1 aromatic carbocycles. The van der Waals surface area contributed by atoms with E-state index in [1.807, 2.05) is 41.3 Å². The molecule has 212 valence electrons. The van der Waals surface area contributed by atoms with Gasteiger partial charge in [0.05, 0.1) is 19.7 Å². The number of hydrogen-bond acceptors (Lipinski definition) is 6. The minimum absolute atomic E-state index is 0.0439. The summed E-state index contributed by atoms with van der Waals surface area (Å²) in [6.07, 6.45) is 7.31. The lowest BCUT2D eigenvalue weighted by molar-refractivity contribution is -0.140. The SMILES string of the molecule is COc1ccc(CC2CC(C(=O)NCc3cc4cnccc4[nH]3)N(C(=O)C(N)CCC(=O)N3CCCC3)C2)cc1. The largest absolute Gasteiger partial charge is 0.497 e. The molecule has 0 bridgehead atoms. The van der Waals surface area contributed by atoms with Gasteiger partial charge in [0.15, 0.2) is 0 Å². The average Bonchev–Trinajstić information content (AvgIpc) is 3.74. The Hall–Kier alpha value is -3.92. The molecule has 0 aliphatic carbocycles. The molecule has 0 radical (unpaired) electrons. The lowest BCUT2D eigenvalue weighted by Gasteiger charge is -2.27. The Morgan fingerprint density at radius 1 is 1.18 bits per heavy atom. The molecule has 10 heteroatoms. The van der Waals surface area contributed by atoms with Gasteiger partial charge in [-0.25, -0.2) is 0 Å². The van der Waals surface area contributed by atoms with Crippen LogP contribution in [-0.4, -0.2) is 76.3 Å². The van der Waals surface area contributed by atoms with Crippen LogP contribution in [0, 0.1) is 5.92 Å². The maximum Gasteiger partial charge on any atom is 0.243 e. The van der Waals surface area contributed by atoms with Crippen molar-refractivity contribution in [2.75, 3.05) is 26.7 Å². The number of fused-ring (bicyclic) bond motifs is 1. The number of aromatic nitrogens is 2. The average molecular weight is 547 g/mol. The molecular formula is C30H38N6O4. The molecule has 4 N–H and O–H groups in total. The van der Waals surface area contributed by atoms with E-state index in [1.54, 1.807) is 24.4 Å². The number of H-pyrrole nitrogens is 1. The number of pyridine rings is 1. The summed E-state index contributed by atoms with van der Waals surface area (Å²) in [6.45, 7) is 2.30. The number of rotatable bonds is 10. The summed E-state index contributed by atoms with van der Waals surface area (Å²) < 4.78 is 5.26. The number of likely N-dealkylation sites (tertiary alicyclic amines) is 2. The van der Waals surface area contributed by atoms with Crippen molar-refractivity contribution in [2.45, 2.75) is 57.2 Å². The van der Waals surface area contributed by atoms with Crippen molar-refractivity contribution in [3.63, 3.8) is 0 Å². The summed E-state index contributed by atoms with van der Waals surface area (Å²) in [4.78, 5) is 50.4. The van der Waals surface area contributed by atoms with E-state index in [0.29, 0.717) is 19.5 Å². The van der Waals surface area contributed by atoms with E-state index < -0.39 is 12.1 Å².